The van der Waals surface area contributed by atoms with Crippen molar-refractivity contribution in [3.8, 4) is 5.75 Å². The summed E-state index contributed by atoms with van der Waals surface area (Å²) >= 11 is 0. The lowest BCUT2D eigenvalue weighted by molar-refractivity contribution is -0.114. The number of phenols is 1. The fourth-order valence-corrected chi connectivity index (χ4v) is 5.84. The second-order valence-corrected chi connectivity index (χ2v) is 10.2. The van der Waals surface area contributed by atoms with Gasteiger partial charge in [0.05, 0.1) is 23.8 Å². The third kappa shape index (κ3) is 3.79. The van der Waals surface area contributed by atoms with Gasteiger partial charge in [0.15, 0.2) is 0 Å². The number of carbonyl (C=O) groups excluding carboxylic acids is 1. The summed E-state index contributed by atoms with van der Waals surface area (Å²) in [5.74, 6) is 0.170. The lowest BCUT2D eigenvalue weighted by Crippen LogP contribution is -2.30. The van der Waals surface area contributed by atoms with Crippen molar-refractivity contribution in [1.82, 2.24) is 19.4 Å². The van der Waals surface area contributed by atoms with Gasteiger partial charge in [0.1, 0.15) is 5.75 Å². The van der Waals surface area contributed by atoms with E-state index in [0.717, 1.165) is 64.7 Å². The normalized spacial score (nSPS) is 18.7. The number of rotatable bonds is 2. The Kier molecular flexibility index (Phi) is 5.62. The summed E-state index contributed by atoms with van der Waals surface area (Å²) in [6.07, 6.45) is 5.16. The van der Waals surface area contributed by atoms with Gasteiger partial charge in [-0.1, -0.05) is 12.1 Å². The number of aromatic nitrogens is 2. The van der Waals surface area contributed by atoms with Gasteiger partial charge in [-0.25, -0.2) is 0 Å². The summed E-state index contributed by atoms with van der Waals surface area (Å²) in [4.78, 5) is 15.5. The minimum Gasteiger partial charge on any atom is -0.508 e. The van der Waals surface area contributed by atoms with Crippen LogP contribution in [-0.2, 0) is 22.6 Å². The Balaban J connectivity index is 1.62. The zero-order valence-corrected chi connectivity index (χ0v) is 21.0. The number of benzene rings is 2. The van der Waals surface area contributed by atoms with Gasteiger partial charge >= 0.3 is 0 Å². The Hall–Kier alpha value is -3.55. The zero-order chi connectivity index (χ0) is 25.0. The fraction of sp³-hybridized carbons (Fsp3) is 0.345. The summed E-state index contributed by atoms with van der Waals surface area (Å²) in [6, 6.07) is 11.8. The van der Waals surface area contributed by atoms with E-state index in [9.17, 15) is 9.90 Å². The third-order valence-corrected chi connectivity index (χ3v) is 7.48. The van der Waals surface area contributed by atoms with E-state index in [1.54, 1.807) is 12.1 Å². The predicted molar refractivity (Wildman–Crippen MR) is 143 cm³/mol. The number of fused-ring (bicyclic) bond motifs is 12. The van der Waals surface area contributed by atoms with Crippen LogP contribution in [0, 0.1) is 6.92 Å². The molecule has 0 saturated heterocycles. The molecule has 4 bridgehead atoms. The number of nitrogens with zero attached hydrogens (tertiary/aromatic N) is 3. The smallest absolute Gasteiger partial charge is 0.252 e. The Morgan fingerprint density at radius 1 is 1.08 bits per heavy atom. The van der Waals surface area contributed by atoms with E-state index in [4.69, 9.17) is 4.74 Å². The van der Waals surface area contributed by atoms with Gasteiger partial charge in [-0.2, -0.15) is 0 Å². The number of likely N-dealkylation sites (N-methyl/N-ethyl adjacent to an activating group) is 1. The molecule has 186 valence electrons. The monoisotopic (exact) mass is 484 g/mol. The van der Waals surface area contributed by atoms with Crippen LogP contribution in [0.5, 0.6) is 5.75 Å². The maximum atomic E-state index is 13.3. The highest BCUT2D eigenvalue weighted by Crippen LogP contribution is 2.40. The van der Waals surface area contributed by atoms with E-state index in [0.29, 0.717) is 13.2 Å². The van der Waals surface area contributed by atoms with E-state index in [2.05, 4.69) is 71.0 Å². The van der Waals surface area contributed by atoms with Crippen molar-refractivity contribution in [2.45, 2.75) is 32.5 Å². The summed E-state index contributed by atoms with van der Waals surface area (Å²) in [5, 5.41) is 15.5. The highest BCUT2D eigenvalue weighted by Gasteiger charge is 2.30. The molecule has 1 atom stereocenters. The van der Waals surface area contributed by atoms with Crippen molar-refractivity contribution in [3.63, 3.8) is 0 Å². The van der Waals surface area contributed by atoms with E-state index in [1.165, 1.54) is 10.9 Å². The maximum Gasteiger partial charge on any atom is 0.252 e. The van der Waals surface area contributed by atoms with Crippen LogP contribution in [0.15, 0.2) is 48.8 Å². The van der Waals surface area contributed by atoms with Gasteiger partial charge in [-0.15, -0.1) is 0 Å². The topological polar surface area (TPSA) is 71.7 Å². The van der Waals surface area contributed by atoms with E-state index in [-0.39, 0.29) is 17.8 Å². The first-order valence-corrected chi connectivity index (χ1v) is 12.6. The van der Waals surface area contributed by atoms with Crippen molar-refractivity contribution in [1.29, 1.82) is 0 Å². The van der Waals surface area contributed by atoms with Crippen molar-refractivity contribution >= 4 is 38.9 Å². The van der Waals surface area contributed by atoms with Gasteiger partial charge in [0.2, 0.25) is 0 Å². The highest BCUT2D eigenvalue weighted by atomic mass is 16.5. The molecule has 1 unspecified atom stereocenters. The van der Waals surface area contributed by atoms with Gasteiger partial charge < -0.3 is 29.2 Å². The number of nitrogens with one attached hydrogen (secondary N) is 1. The molecule has 2 aliphatic heterocycles. The largest absolute Gasteiger partial charge is 0.508 e. The number of hydrogen-bond donors (Lipinski definition) is 2. The van der Waals surface area contributed by atoms with Crippen LogP contribution in [-0.4, -0.2) is 64.9 Å². The molecule has 7 heteroatoms. The molecule has 2 aromatic carbocycles. The Morgan fingerprint density at radius 3 is 2.72 bits per heavy atom. The minimum absolute atomic E-state index is 0.0486. The number of phenolic OH excluding ortho intramolecular Hbond substituents is 1. The van der Waals surface area contributed by atoms with Crippen LogP contribution in [0.3, 0.4) is 0 Å². The molecule has 2 aliphatic rings. The standard InChI is InChI=1S/C29H32N4O3/c1-18-5-4-6-25-27(18)24-17-33(25)11-12-36-20(15-31(2)3)9-10-32-16-23(28-22(24)14-30-29(28)35)21-8-7-19(34)13-26(21)32/h4-8,13,16-17,20,34H,9-12,14-15H2,1-3H3,(H,30,35). The average Bonchev–Trinajstić information content (AvgIpc) is 3.50. The number of amides is 1. The molecule has 6 rings (SSSR count). The first kappa shape index (κ1) is 22.9. The molecular weight excluding hydrogens is 452 g/mol. The van der Waals surface area contributed by atoms with E-state index < -0.39 is 0 Å². The third-order valence-electron chi connectivity index (χ3n) is 7.48. The second-order valence-electron chi connectivity index (χ2n) is 10.2. The number of carbonyl (C=O) groups is 1. The van der Waals surface area contributed by atoms with Gasteiger partial charge in [0.25, 0.3) is 5.91 Å². The SMILES string of the molecule is Cc1cccc2c1c1cn2CCOC(CN(C)C)CCn2cc(c3ccc(O)cc32)C2=C1CNC2=O. The summed E-state index contributed by atoms with van der Waals surface area (Å²) in [6.45, 7) is 5.53. The lowest BCUT2D eigenvalue weighted by atomic mass is 9.95. The maximum absolute atomic E-state index is 13.3. The summed E-state index contributed by atoms with van der Waals surface area (Å²) < 4.78 is 10.9. The van der Waals surface area contributed by atoms with Crippen LogP contribution < -0.4 is 5.32 Å². The fourth-order valence-electron chi connectivity index (χ4n) is 5.84. The van der Waals surface area contributed by atoms with E-state index >= 15 is 0 Å². The van der Waals surface area contributed by atoms with Crippen molar-refractivity contribution in [3.05, 3.63) is 65.5 Å². The molecule has 4 heterocycles. The molecule has 0 radical (unpaired) electrons. The lowest BCUT2D eigenvalue weighted by Gasteiger charge is -2.22. The van der Waals surface area contributed by atoms with Crippen LogP contribution in [0.4, 0.5) is 0 Å². The molecule has 0 fully saturated rings. The Morgan fingerprint density at radius 2 is 1.89 bits per heavy atom. The molecule has 36 heavy (non-hydrogen) atoms. The van der Waals surface area contributed by atoms with Gasteiger partial charge in [0, 0.05) is 72.1 Å². The van der Waals surface area contributed by atoms with Crippen LogP contribution in [0.1, 0.15) is 23.1 Å². The molecule has 0 spiro atoms. The van der Waals surface area contributed by atoms with Crippen LogP contribution >= 0.6 is 0 Å². The number of hydrogen-bond acceptors (Lipinski definition) is 4. The predicted octanol–water partition coefficient (Wildman–Crippen LogP) is 4.00. The molecule has 4 aromatic rings. The molecule has 0 saturated carbocycles. The van der Waals surface area contributed by atoms with E-state index in [1.807, 2.05) is 6.07 Å². The number of ether oxygens (including phenoxy) is 1. The van der Waals surface area contributed by atoms with Crippen LogP contribution in [0.2, 0.25) is 0 Å². The molecule has 0 aliphatic carbocycles. The summed E-state index contributed by atoms with van der Waals surface area (Å²) in [7, 11) is 4.13. The molecule has 2 N–H and O–H groups in total. The van der Waals surface area contributed by atoms with Crippen molar-refractivity contribution < 1.29 is 14.6 Å². The second kappa shape index (κ2) is 8.84. The van der Waals surface area contributed by atoms with Gasteiger partial charge in [-0.3, -0.25) is 4.79 Å². The van der Waals surface area contributed by atoms with Gasteiger partial charge in [-0.05, 0) is 56.8 Å². The average molecular weight is 485 g/mol. The highest BCUT2D eigenvalue weighted by molar-refractivity contribution is 6.33. The zero-order valence-electron chi connectivity index (χ0n) is 21.0. The number of aryl methyl sites for hydroxylation is 2. The first-order chi connectivity index (χ1) is 17.4. The quantitative estimate of drug-likeness (QED) is 0.451. The molecule has 1 amide bonds. The Bertz CT molecular complexity index is 1520. The molecular formula is C29H32N4O3. The van der Waals surface area contributed by atoms with Crippen molar-refractivity contribution in [2.24, 2.45) is 0 Å². The Labute approximate surface area is 210 Å². The molecule has 2 aromatic heterocycles. The first-order valence-electron chi connectivity index (χ1n) is 12.6. The van der Waals surface area contributed by atoms with Crippen molar-refractivity contribution in [2.75, 3.05) is 33.8 Å². The van der Waals surface area contributed by atoms with Crippen LogP contribution in [0.25, 0.3) is 33.0 Å². The number of aromatic hydroxyl groups is 1. The summed E-state index contributed by atoms with van der Waals surface area (Å²) in [5.41, 5.74) is 7.03. The minimum atomic E-state index is -0.0486. The molecule has 7 nitrogen and oxygen atoms in total.